The molecule has 1 saturated carbocycles. The fourth-order valence-electron chi connectivity index (χ4n) is 3.25. The Bertz CT molecular complexity index is 567. The van der Waals surface area contributed by atoms with E-state index in [0.717, 1.165) is 39.0 Å². The summed E-state index contributed by atoms with van der Waals surface area (Å²) >= 11 is 0. The molecule has 0 radical (unpaired) electrons. The summed E-state index contributed by atoms with van der Waals surface area (Å²) < 4.78 is 18.9. The lowest BCUT2D eigenvalue weighted by atomic mass is 10.1. The summed E-state index contributed by atoms with van der Waals surface area (Å²) in [5.74, 6) is -0.444. The summed E-state index contributed by atoms with van der Waals surface area (Å²) in [6.45, 7) is 3.79. The monoisotopic (exact) mass is 307 g/mol. The molecule has 1 aliphatic carbocycles. The van der Waals surface area contributed by atoms with Gasteiger partial charge in [-0.1, -0.05) is 12.1 Å². The summed E-state index contributed by atoms with van der Waals surface area (Å²) in [5.41, 5.74) is 6.04. The molecule has 1 heterocycles. The second-order valence-electron chi connectivity index (χ2n) is 6.11. The number of hydrogen-bond acceptors (Lipinski definition) is 5. The normalized spacial score (nSPS) is 21.5. The Morgan fingerprint density at radius 1 is 1.32 bits per heavy atom. The van der Waals surface area contributed by atoms with E-state index in [0.29, 0.717) is 12.1 Å². The Morgan fingerprint density at radius 2 is 2.00 bits per heavy atom. The van der Waals surface area contributed by atoms with E-state index in [1.165, 1.54) is 7.11 Å². The molecule has 0 unspecified atom stereocenters. The largest absolute Gasteiger partial charge is 0.468 e. The average Bonchev–Trinajstić information content (AvgIpc) is 3.33. The standard InChI is InChI=1S/C16H22FN3O2/c1-22-15(21)16(5-6-16)20-9-7-19(8-10-20)11-12-3-2-4-13(18)14(12)17/h2-4H,5-11,18H2,1H3. The zero-order valence-corrected chi connectivity index (χ0v) is 12.8. The van der Waals surface area contributed by atoms with E-state index in [1.807, 2.05) is 0 Å². The molecule has 0 amide bonds. The minimum atomic E-state index is -0.386. The van der Waals surface area contributed by atoms with Crippen LogP contribution in [0.2, 0.25) is 0 Å². The Kier molecular flexibility index (Phi) is 4.06. The Hall–Kier alpha value is -1.66. The van der Waals surface area contributed by atoms with E-state index in [1.54, 1.807) is 18.2 Å². The molecular weight excluding hydrogens is 285 g/mol. The smallest absolute Gasteiger partial charge is 0.326 e. The number of nitrogen functional groups attached to an aromatic ring is 1. The van der Waals surface area contributed by atoms with Crippen molar-refractivity contribution in [1.29, 1.82) is 0 Å². The molecule has 0 atom stereocenters. The van der Waals surface area contributed by atoms with Crippen LogP contribution in [0, 0.1) is 5.82 Å². The number of methoxy groups -OCH3 is 1. The third kappa shape index (κ3) is 2.68. The van der Waals surface area contributed by atoms with Crippen LogP contribution in [-0.4, -0.2) is 54.6 Å². The number of carbonyl (C=O) groups is 1. The van der Waals surface area contributed by atoms with Crippen molar-refractivity contribution in [3.05, 3.63) is 29.6 Å². The molecule has 3 rings (SSSR count). The lowest BCUT2D eigenvalue weighted by Gasteiger charge is -2.38. The van der Waals surface area contributed by atoms with E-state index in [9.17, 15) is 9.18 Å². The SMILES string of the molecule is COC(=O)C1(N2CCN(Cc3cccc(N)c3F)CC2)CC1. The summed E-state index contributed by atoms with van der Waals surface area (Å²) in [6.07, 6.45) is 1.76. The third-order valence-corrected chi connectivity index (χ3v) is 4.77. The van der Waals surface area contributed by atoms with Crippen LogP contribution in [0.25, 0.3) is 0 Å². The minimum absolute atomic E-state index is 0.122. The van der Waals surface area contributed by atoms with Gasteiger partial charge in [-0.3, -0.25) is 14.6 Å². The number of hydrogen-bond donors (Lipinski definition) is 1. The van der Waals surface area contributed by atoms with Crippen molar-refractivity contribution < 1.29 is 13.9 Å². The molecule has 1 saturated heterocycles. The summed E-state index contributed by atoms with van der Waals surface area (Å²) in [5, 5.41) is 0. The van der Waals surface area contributed by atoms with Crippen molar-refractivity contribution >= 4 is 11.7 Å². The maximum Gasteiger partial charge on any atom is 0.326 e. The number of esters is 1. The van der Waals surface area contributed by atoms with Gasteiger partial charge in [-0.2, -0.15) is 0 Å². The molecule has 22 heavy (non-hydrogen) atoms. The molecule has 2 fully saturated rings. The van der Waals surface area contributed by atoms with Crippen LogP contribution < -0.4 is 5.73 Å². The van der Waals surface area contributed by atoms with Crippen LogP contribution in [0.1, 0.15) is 18.4 Å². The Balaban J connectivity index is 1.58. The van der Waals surface area contributed by atoms with E-state index >= 15 is 0 Å². The van der Waals surface area contributed by atoms with Gasteiger partial charge in [-0.05, 0) is 18.9 Å². The molecule has 0 aromatic heterocycles. The second-order valence-corrected chi connectivity index (χ2v) is 6.11. The molecule has 5 nitrogen and oxygen atoms in total. The first-order chi connectivity index (χ1) is 10.6. The van der Waals surface area contributed by atoms with E-state index in [2.05, 4.69) is 9.80 Å². The van der Waals surface area contributed by atoms with Crippen LogP contribution in [0.3, 0.4) is 0 Å². The van der Waals surface area contributed by atoms with Gasteiger partial charge in [0.2, 0.25) is 0 Å². The zero-order valence-electron chi connectivity index (χ0n) is 12.8. The second kappa shape index (κ2) is 5.85. The van der Waals surface area contributed by atoms with Crippen molar-refractivity contribution in [2.24, 2.45) is 0 Å². The molecule has 1 aromatic carbocycles. The third-order valence-electron chi connectivity index (χ3n) is 4.77. The molecule has 120 valence electrons. The molecule has 2 N–H and O–H groups in total. The van der Waals surface area contributed by atoms with Gasteiger partial charge in [0.1, 0.15) is 5.54 Å². The van der Waals surface area contributed by atoms with Gasteiger partial charge >= 0.3 is 5.97 Å². The lowest BCUT2D eigenvalue weighted by molar-refractivity contribution is -0.149. The molecule has 1 aliphatic heterocycles. The molecule has 0 spiro atoms. The van der Waals surface area contributed by atoms with Crippen molar-refractivity contribution in [2.75, 3.05) is 39.0 Å². The van der Waals surface area contributed by atoms with Crippen LogP contribution in [0.15, 0.2) is 18.2 Å². The molecule has 6 heteroatoms. The maximum absolute atomic E-state index is 14.0. The summed E-state index contributed by atoms with van der Waals surface area (Å²) in [4.78, 5) is 16.3. The van der Waals surface area contributed by atoms with Gasteiger partial charge in [0.15, 0.2) is 5.82 Å². The predicted octanol–water partition coefficient (Wildman–Crippen LogP) is 1.23. The van der Waals surface area contributed by atoms with Crippen LogP contribution in [0.5, 0.6) is 0 Å². The van der Waals surface area contributed by atoms with E-state index in [4.69, 9.17) is 10.5 Å². The summed E-state index contributed by atoms with van der Waals surface area (Å²) in [7, 11) is 1.45. The molecule has 1 aromatic rings. The van der Waals surface area contributed by atoms with E-state index < -0.39 is 0 Å². The van der Waals surface area contributed by atoms with Gasteiger partial charge in [-0.15, -0.1) is 0 Å². The van der Waals surface area contributed by atoms with Gasteiger partial charge in [0.25, 0.3) is 0 Å². The molecular formula is C16H22FN3O2. The Morgan fingerprint density at radius 3 is 2.59 bits per heavy atom. The fourth-order valence-corrected chi connectivity index (χ4v) is 3.25. The zero-order chi connectivity index (χ0) is 15.7. The molecule has 0 bridgehead atoms. The first-order valence-electron chi connectivity index (χ1n) is 7.65. The number of carbonyl (C=O) groups excluding carboxylic acids is 1. The van der Waals surface area contributed by atoms with Crippen molar-refractivity contribution in [3.8, 4) is 0 Å². The van der Waals surface area contributed by atoms with Crippen LogP contribution in [-0.2, 0) is 16.1 Å². The van der Waals surface area contributed by atoms with Gasteiger partial charge in [-0.25, -0.2) is 4.39 Å². The number of nitrogens with zero attached hydrogens (tertiary/aromatic N) is 2. The number of ether oxygens (including phenoxy) is 1. The van der Waals surface area contributed by atoms with Crippen LogP contribution >= 0.6 is 0 Å². The minimum Gasteiger partial charge on any atom is -0.468 e. The van der Waals surface area contributed by atoms with E-state index in [-0.39, 0.29) is 23.0 Å². The van der Waals surface area contributed by atoms with Crippen LogP contribution in [0.4, 0.5) is 10.1 Å². The molecule has 2 aliphatic rings. The van der Waals surface area contributed by atoms with Gasteiger partial charge in [0, 0.05) is 38.3 Å². The number of nitrogens with two attached hydrogens (primary N) is 1. The number of benzene rings is 1. The predicted molar refractivity (Wildman–Crippen MR) is 81.6 cm³/mol. The van der Waals surface area contributed by atoms with Gasteiger partial charge < -0.3 is 10.5 Å². The number of anilines is 1. The lowest BCUT2D eigenvalue weighted by Crippen LogP contribution is -2.54. The average molecular weight is 307 g/mol. The highest BCUT2D eigenvalue weighted by Crippen LogP contribution is 2.43. The summed E-state index contributed by atoms with van der Waals surface area (Å²) in [6, 6.07) is 5.12. The maximum atomic E-state index is 14.0. The number of rotatable bonds is 4. The highest BCUT2D eigenvalue weighted by atomic mass is 19.1. The van der Waals surface area contributed by atoms with Crippen molar-refractivity contribution in [1.82, 2.24) is 9.80 Å². The number of piperazine rings is 1. The van der Waals surface area contributed by atoms with Crippen molar-refractivity contribution in [2.45, 2.75) is 24.9 Å². The highest BCUT2D eigenvalue weighted by Gasteiger charge is 2.56. The topological polar surface area (TPSA) is 58.8 Å². The highest BCUT2D eigenvalue weighted by molar-refractivity contribution is 5.84. The quantitative estimate of drug-likeness (QED) is 0.670. The Labute approximate surface area is 129 Å². The van der Waals surface area contributed by atoms with Crippen molar-refractivity contribution in [3.63, 3.8) is 0 Å². The number of halogens is 1. The van der Waals surface area contributed by atoms with Gasteiger partial charge in [0.05, 0.1) is 12.8 Å². The fraction of sp³-hybridized carbons (Fsp3) is 0.562. The first-order valence-corrected chi connectivity index (χ1v) is 7.65. The first kappa shape index (κ1) is 15.2.